The molecule has 1 aromatic carbocycles. The molecule has 0 unspecified atom stereocenters. The van der Waals surface area contributed by atoms with Crippen LogP contribution in [0.2, 0.25) is 0 Å². The number of benzene rings is 1. The molecule has 0 saturated carbocycles. The minimum Gasteiger partial charge on any atom is -0.545 e. The Balaban J connectivity index is -0.000000406. The van der Waals surface area contributed by atoms with Crippen LogP contribution in [0.3, 0.4) is 0 Å². The molecular weight excluding hydrogens is 541 g/mol. The van der Waals surface area contributed by atoms with Crippen LogP contribution < -0.4 is 10.2 Å². The first-order valence-corrected chi connectivity index (χ1v) is 9.93. The minimum absolute atomic E-state index is 0. The second-order valence-corrected chi connectivity index (χ2v) is 6.18. The van der Waals surface area contributed by atoms with Crippen LogP contribution in [0.1, 0.15) is 20.7 Å². The van der Waals surface area contributed by atoms with Crippen LogP contribution in [-0.4, -0.2) is 131 Å². The number of aliphatic hydroxyl groups excluding tert-OH is 6. The van der Waals surface area contributed by atoms with Crippen molar-refractivity contribution in [3.8, 4) is 0 Å². The van der Waals surface area contributed by atoms with Crippen molar-refractivity contribution >= 4 is 11.9 Å². The zero-order valence-electron chi connectivity index (χ0n) is 18.7. The van der Waals surface area contributed by atoms with Crippen molar-refractivity contribution in [2.45, 2.75) is 0 Å². The van der Waals surface area contributed by atoms with E-state index in [1.807, 2.05) is 0 Å². The first-order chi connectivity index (χ1) is 15.3. The standard InChI is InChI=1S/C8H6O4.2C6H15NO3.Cd/c9-7(10)5-1-2-6(4-3-5)8(11)12;2*8-4-1-7(2-5-9)3-6-10;/h1-4H,(H,9,10)(H,11,12);2*8-10H,1-6H2;/q;;;+2/p-2. The Morgan fingerprint density at radius 1 is 0.545 bits per heavy atom. The van der Waals surface area contributed by atoms with Gasteiger partial charge in [-0.3, -0.25) is 9.80 Å². The van der Waals surface area contributed by atoms with Crippen LogP contribution >= 0.6 is 0 Å². The van der Waals surface area contributed by atoms with E-state index in [1.165, 1.54) is 0 Å². The number of hydrogen-bond acceptors (Lipinski definition) is 12. The monoisotopic (exact) mass is 576 g/mol. The summed E-state index contributed by atoms with van der Waals surface area (Å²) in [5.41, 5.74) is -0.111. The number of hydrogen-bond donors (Lipinski definition) is 6. The van der Waals surface area contributed by atoms with E-state index in [9.17, 15) is 19.8 Å². The van der Waals surface area contributed by atoms with E-state index < -0.39 is 11.9 Å². The third-order valence-corrected chi connectivity index (χ3v) is 3.85. The van der Waals surface area contributed by atoms with Gasteiger partial charge in [-0.05, 0) is 11.1 Å². The first-order valence-electron chi connectivity index (χ1n) is 9.93. The van der Waals surface area contributed by atoms with Crippen LogP contribution in [-0.2, 0) is 27.3 Å². The van der Waals surface area contributed by atoms with Gasteiger partial charge in [0.25, 0.3) is 0 Å². The predicted octanol–water partition coefficient (Wildman–Crippen LogP) is -5.06. The van der Waals surface area contributed by atoms with Gasteiger partial charge >= 0.3 is 27.3 Å². The van der Waals surface area contributed by atoms with Crippen molar-refractivity contribution in [1.29, 1.82) is 0 Å². The number of aliphatic hydroxyl groups is 6. The Morgan fingerprint density at radius 3 is 0.848 bits per heavy atom. The van der Waals surface area contributed by atoms with Crippen LogP contribution in [0.4, 0.5) is 0 Å². The summed E-state index contributed by atoms with van der Waals surface area (Å²) in [5.74, 6) is -2.67. The first kappa shape index (κ1) is 36.3. The van der Waals surface area contributed by atoms with Gasteiger partial charge in [0.05, 0.1) is 51.6 Å². The summed E-state index contributed by atoms with van der Waals surface area (Å²) >= 11 is 0. The molecule has 0 aliphatic carbocycles. The van der Waals surface area contributed by atoms with Gasteiger partial charge in [-0.25, -0.2) is 0 Å². The Labute approximate surface area is 213 Å². The molecule has 0 aliphatic heterocycles. The van der Waals surface area contributed by atoms with Crippen molar-refractivity contribution in [2.24, 2.45) is 0 Å². The maximum atomic E-state index is 10.2. The number of nitrogens with zero attached hydrogens (tertiary/aromatic N) is 2. The molecule has 0 aliphatic rings. The summed E-state index contributed by atoms with van der Waals surface area (Å²) in [6.45, 7) is 3.51. The number of carboxylic acids is 2. The third-order valence-electron chi connectivity index (χ3n) is 3.85. The van der Waals surface area contributed by atoms with E-state index in [-0.39, 0.29) is 78.1 Å². The van der Waals surface area contributed by atoms with Crippen LogP contribution in [0, 0.1) is 0 Å². The van der Waals surface area contributed by atoms with Crippen molar-refractivity contribution in [3.63, 3.8) is 0 Å². The molecule has 0 aromatic heterocycles. The second kappa shape index (κ2) is 25.4. The Hall–Kier alpha value is -1.24. The average molecular weight is 575 g/mol. The van der Waals surface area contributed by atoms with Gasteiger partial charge in [-0.2, -0.15) is 0 Å². The maximum absolute atomic E-state index is 10.2. The van der Waals surface area contributed by atoms with Crippen molar-refractivity contribution < 1.29 is 77.7 Å². The van der Waals surface area contributed by atoms with Gasteiger partial charge in [0.1, 0.15) is 0 Å². The van der Waals surface area contributed by atoms with Crippen LogP contribution in [0.25, 0.3) is 0 Å². The van der Waals surface area contributed by atoms with Crippen molar-refractivity contribution in [1.82, 2.24) is 9.80 Å². The molecule has 0 bridgehead atoms. The molecule has 0 radical (unpaired) electrons. The average Bonchev–Trinajstić information content (AvgIpc) is 2.76. The van der Waals surface area contributed by atoms with Gasteiger partial charge in [0, 0.05) is 39.3 Å². The largest absolute Gasteiger partial charge is 2.00 e. The van der Waals surface area contributed by atoms with E-state index in [1.54, 1.807) is 9.80 Å². The Bertz CT molecular complexity index is 513. The number of carbonyl (C=O) groups is 2. The Morgan fingerprint density at radius 2 is 0.727 bits per heavy atom. The maximum Gasteiger partial charge on any atom is 2.00 e. The number of rotatable bonds is 14. The fourth-order valence-electron chi connectivity index (χ4n) is 2.26. The molecule has 186 valence electrons. The second-order valence-electron chi connectivity index (χ2n) is 6.18. The van der Waals surface area contributed by atoms with E-state index in [0.29, 0.717) is 39.3 Å². The number of carboxylic acid groups (broad SMARTS) is 2. The molecule has 0 spiro atoms. The zero-order chi connectivity index (χ0) is 24.8. The number of aromatic carboxylic acids is 2. The summed E-state index contributed by atoms with van der Waals surface area (Å²) in [5, 5.41) is 71.3. The molecule has 0 saturated heterocycles. The van der Waals surface area contributed by atoms with Gasteiger partial charge < -0.3 is 50.4 Å². The molecule has 33 heavy (non-hydrogen) atoms. The molecule has 0 atom stereocenters. The molecule has 0 fully saturated rings. The SMILES string of the molecule is O=C([O-])c1ccc(C(=O)[O-])cc1.OCCN(CCO)CCO.OCCN(CCO)CCO.[Cd+2]. The normalized spacial score (nSPS) is 9.94. The summed E-state index contributed by atoms with van der Waals surface area (Å²) in [4.78, 5) is 24.0. The van der Waals surface area contributed by atoms with E-state index in [0.717, 1.165) is 24.3 Å². The van der Waals surface area contributed by atoms with Gasteiger partial charge in [-0.1, -0.05) is 24.3 Å². The minimum atomic E-state index is -1.33. The molecular formula is C20H34CdN2O10. The van der Waals surface area contributed by atoms with Gasteiger partial charge in [0.15, 0.2) is 0 Å². The van der Waals surface area contributed by atoms with Crippen LogP contribution in [0.15, 0.2) is 24.3 Å². The third kappa shape index (κ3) is 21.1. The summed E-state index contributed by atoms with van der Waals surface area (Å²) in [7, 11) is 0. The predicted molar refractivity (Wildman–Crippen MR) is 110 cm³/mol. The van der Waals surface area contributed by atoms with Gasteiger partial charge in [-0.15, -0.1) is 0 Å². The molecule has 0 amide bonds. The fourth-order valence-corrected chi connectivity index (χ4v) is 2.26. The molecule has 6 N–H and O–H groups in total. The smallest absolute Gasteiger partial charge is 0.545 e. The van der Waals surface area contributed by atoms with Crippen LogP contribution in [0.5, 0.6) is 0 Å². The van der Waals surface area contributed by atoms with E-state index in [2.05, 4.69) is 0 Å². The Kier molecular flexibility index (Phi) is 28.0. The topological polar surface area (TPSA) is 208 Å². The quantitative estimate of drug-likeness (QED) is 0.115. The molecule has 1 aromatic rings. The van der Waals surface area contributed by atoms with Crippen molar-refractivity contribution in [3.05, 3.63) is 35.4 Å². The van der Waals surface area contributed by atoms with E-state index in [4.69, 9.17) is 30.6 Å². The fraction of sp³-hybridized carbons (Fsp3) is 0.600. The summed E-state index contributed by atoms with van der Waals surface area (Å²) < 4.78 is 0. The summed E-state index contributed by atoms with van der Waals surface area (Å²) in [6.07, 6.45) is 0. The van der Waals surface area contributed by atoms with Gasteiger partial charge in [0.2, 0.25) is 0 Å². The molecule has 0 heterocycles. The van der Waals surface area contributed by atoms with E-state index >= 15 is 0 Å². The zero-order valence-corrected chi connectivity index (χ0v) is 22.7. The molecule has 13 heteroatoms. The number of carbonyl (C=O) groups excluding carboxylic acids is 2. The van der Waals surface area contributed by atoms with Crippen molar-refractivity contribution in [2.75, 3.05) is 78.9 Å². The molecule has 12 nitrogen and oxygen atoms in total. The summed E-state index contributed by atoms with van der Waals surface area (Å²) in [6, 6.07) is 4.61. The molecule has 1 rings (SSSR count).